The maximum absolute atomic E-state index is 12.5. The van der Waals surface area contributed by atoms with E-state index in [1.807, 2.05) is 62.4 Å². The Morgan fingerprint density at radius 2 is 0.800 bits per heavy atom. The Bertz CT molecular complexity index is 1070. The van der Waals surface area contributed by atoms with Crippen molar-refractivity contribution in [3.63, 3.8) is 0 Å². The molecule has 0 bridgehead atoms. The highest BCUT2D eigenvalue weighted by Gasteiger charge is 2.14. The first-order valence-electron chi connectivity index (χ1n) is 15.1. The Labute approximate surface area is 241 Å². The second-order valence-corrected chi connectivity index (χ2v) is 10.9. The number of esters is 2. The molecule has 0 saturated carbocycles. The van der Waals surface area contributed by atoms with Crippen molar-refractivity contribution in [1.29, 1.82) is 0 Å². The van der Waals surface area contributed by atoms with Crippen molar-refractivity contribution in [2.75, 3.05) is 0 Å². The third kappa shape index (κ3) is 9.97. The molecule has 0 amide bonds. The molecule has 2 atom stereocenters. The zero-order valence-corrected chi connectivity index (χ0v) is 24.8. The van der Waals surface area contributed by atoms with Gasteiger partial charge in [-0.25, -0.2) is 9.59 Å². The monoisotopic (exact) mass is 542 g/mol. The Kier molecular flexibility index (Phi) is 13.0. The van der Waals surface area contributed by atoms with Gasteiger partial charge in [0.2, 0.25) is 0 Å². The zero-order valence-electron chi connectivity index (χ0n) is 24.8. The molecule has 40 heavy (non-hydrogen) atoms. The van der Waals surface area contributed by atoms with Crippen LogP contribution in [0.5, 0.6) is 0 Å². The van der Waals surface area contributed by atoms with E-state index in [0.717, 1.165) is 47.9 Å². The van der Waals surface area contributed by atoms with E-state index in [2.05, 4.69) is 38.1 Å². The van der Waals surface area contributed by atoms with Crippen molar-refractivity contribution in [2.45, 2.75) is 104 Å². The number of ether oxygens (including phenoxy) is 2. The predicted octanol–water partition coefficient (Wildman–Crippen LogP) is 10.1. The average molecular weight is 543 g/mol. The van der Waals surface area contributed by atoms with Gasteiger partial charge in [-0.1, -0.05) is 101 Å². The van der Waals surface area contributed by atoms with Crippen molar-refractivity contribution in [3.05, 3.63) is 83.9 Å². The minimum absolute atomic E-state index is 0.0693. The minimum Gasteiger partial charge on any atom is -0.459 e. The summed E-state index contributed by atoms with van der Waals surface area (Å²) in [6.45, 7) is 8.32. The second kappa shape index (κ2) is 16.6. The number of unbranched alkanes of at least 4 members (excludes halogenated alkanes) is 6. The Morgan fingerprint density at radius 3 is 1.10 bits per heavy atom. The summed E-state index contributed by atoms with van der Waals surface area (Å²) in [6, 6.07) is 23.5. The van der Waals surface area contributed by atoms with E-state index in [1.54, 1.807) is 0 Å². The molecule has 214 valence electrons. The summed E-state index contributed by atoms with van der Waals surface area (Å²) < 4.78 is 11.2. The van der Waals surface area contributed by atoms with Gasteiger partial charge in [0.1, 0.15) is 0 Å². The fourth-order valence-corrected chi connectivity index (χ4v) is 4.79. The molecule has 0 heterocycles. The molecule has 0 aromatic heterocycles. The third-order valence-corrected chi connectivity index (χ3v) is 7.34. The van der Waals surface area contributed by atoms with Crippen LogP contribution in [0.1, 0.15) is 113 Å². The SMILES string of the molecule is CCCCCCC(C)OC(=O)c1ccc(-c2ccc(-c3ccc(C(=O)OC(C)CCCCCC)cc3)cc2)cc1. The maximum Gasteiger partial charge on any atom is 0.338 e. The summed E-state index contributed by atoms with van der Waals surface area (Å²) in [6.07, 6.45) is 11.1. The highest BCUT2D eigenvalue weighted by Crippen LogP contribution is 2.26. The average Bonchev–Trinajstić information content (AvgIpc) is 2.98. The van der Waals surface area contributed by atoms with Crippen molar-refractivity contribution in [1.82, 2.24) is 0 Å². The zero-order chi connectivity index (χ0) is 28.7. The second-order valence-electron chi connectivity index (χ2n) is 10.9. The van der Waals surface area contributed by atoms with Crippen LogP contribution in [0.3, 0.4) is 0 Å². The lowest BCUT2D eigenvalue weighted by molar-refractivity contribution is 0.0309. The van der Waals surface area contributed by atoms with Crippen LogP contribution < -0.4 is 0 Å². The Balaban J connectivity index is 1.53. The van der Waals surface area contributed by atoms with E-state index in [1.165, 1.54) is 38.5 Å². The molecule has 0 spiro atoms. The lowest BCUT2D eigenvalue weighted by Crippen LogP contribution is -2.15. The quantitative estimate of drug-likeness (QED) is 0.133. The summed E-state index contributed by atoms with van der Waals surface area (Å²) >= 11 is 0. The third-order valence-electron chi connectivity index (χ3n) is 7.34. The first-order chi connectivity index (χ1) is 19.4. The van der Waals surface area contributed by atoms with Crippen LogP contribution in [0.25, 0.3) is 22.3 Å². The number of carbonyl (C=O) groups is 2. The molecule has 3 aromatic rings. The maximum atomic E-state index is 12.5. The summed E-state index contributed by atoms with van der Waals surface area (Å²) in [5.74, 6) is -0.530. The highest BCUT2D eigenvalue weighted by molar-refractivity contribution is 5.91. The van der Waals surface area contributed by atoms with Crippen LogP contribution in [-0.4, -0.2) is 24.1 Å². The van der Waals surface area contributed by atoms with Gasteiger partial charge in [0.05, 0.1) is 23.3 Å². The first-order valence-corrected chi connectivity index (χ1v) is 15.1. The van der Waals surface area contributed by atoms with Crippen LogP contribution in [0.4, 0.5) is 0 Å². The lowest BCUT2D eigenvalue weighted by Gasteiger charge is -2.13. The summed E-state index contributed by atoms with van der Waals surface area (Å²) in [4.78, 5) is 25.0. The number of carbonyl (C=O) groups excluding carboxylic acids is 2. The minimum atomic E-state index is -0.265. The summed E-state index contributed by atoms with van der Waals surface area (Å²) in [7, 11) is 0. The molecule has 0 N–H and O–H groups in total. The molecule has 0 aliphatic carbocycles. The molecular weight excluding hydrogens is 496 g/mol. The first kappa shape index (κ1) is 31.1. The molecular formula is C36H46O4. The fourth-order valence-electron chi connectivity index (χ4n) is 4.79. The Morgan fingerprint density at radius 1 is 0.500 bits per heavy atom. The molecule has 4 nitrogen and oxygen atoms in total. The molecule has 0 aliphatic rings. The van der Waals surface area contributed by atoms with Gasteiger partial charge in [-0.2, -0.15) is 0 Å². The van der Waals surface area contributed by atoms with Gasteiger partial charge in [0.15, 0.2) is 0 Å². The van der Waals surface area contributed by atoms with Crippen molar-refractivity contribution in [3.8, 4) is 22.3 Å². The van der Waals surface area contributed by atoms with Gasteiger partial charge in [-0.15, -0.1) is 0 Å². The van der Waals surface area contributed by atoms with Gasteiger partial charge in [0, 0.05) is 0 Å². The molecule has 4 heteroatoms. The van der Waals surface area contributed by atoms with Crippen molar-refractivity contribution < 1.29 is 19.1 Å². The molecule has 0 radical (unpaired) electrons. The van der Waals surface area contributed by atoms with E-state index in [9.17, 15) is 9.59 Å². The van der Waals surface area contributed by atoms with E-state index in [0.29, 0.717) is 11.1 Å². The van der Waals surface area contributed by atoms with Gasteiger partial charge in [-0.05, 0) is 86.1 Å². The number of hydrogen-bond donors (Lipinski definition) is 0. The standard InChI is InChI=1S/C36H46O4/c1-5-7-9-11-13-27(3)39-35(37)33-23-19-31(20-24-33)29-15-17-30(18-16-29)32-21-25-34(26-22-32)36(38)40-28(4)14-12-10-8-6-2/h15-28H,5-14H2,1-4H3. The van der Waals surface area contributed by atoms with E-state index in [4.69, 9.17) is 9.47 Å². The normalized spacial score (nSPS) is 12.5. The van der Waals surface area contributed by atoms with E-state index in [-0.39, 0.29) is 24.1 Å². The van der Waals surface area contributed by atoms with Crippen LogP contribution in [0.2, 0.25) is 0 Å². The van der Waals surface area contributed by atoms with Gasteiger partial charge in [-0.3, -0.25) is 0 Å². The number of benzene rings is 3. The molecule has 0 saturated heterocycles. The molecule has 0 aliphatic heterocycles. The topological polar surface area (TPSA) is 52.6 Å². The smallest absolute Gasteiger partial charge is 0.338 e. The van der Waals surface area contributed by atoms with Crippen LogP contribution in [-0.2, 0) is 9.47 Å². The Hall–Kier alpha value is -3.40. The van der Waals surface area contributed by atoms with E-state index < -0.39 is 0 Å². The van der Waals surface area contributed by atoms with Gasteiger partial charge in [0.25, 0.3) is 0 Å². The summed E-state index contributed by atoms with van der Waals surface area (Å²) in [5.41, 5.74) is 5.37. The number of rotatable bonds is 16. The van der Waals surface area contributed by atoms with Gasteiger partial charge < -0.3 is 9.47 Å². The van der Waals surface area contributed by atoms with Crippen LogP contribution in [0, 0.1) is 0 Å². The fraction of sp³-hybridized carbons (Fsp3) is 0.444. The lowest BCUT2D eigenvalue weighted by atomic mass is 9.99. The van der Waals surface area contributed by atoms with E-state index >= 15 is 0 Å². The molecule has 0 fully saturated rings. The summed E-state index contributed by atoms with van der Waals surface area (Å²) in [5, 5.41) is 0. The van der Waals surface area contributed by atoms with Gasteiger partial charge >= 0.3 is 11.9 Å². The highest BCUT2D eigenvalue weighted by atomic mass is 16.5. The van der Waals surface area contributed by atoms with Crippen LogP contribution in [0.15, 0.2) is 72.8 Å². The predicted molar refractivity (Wildman–Crippen MR) is 165 cm³/mol. The molecule has 3 aromatic carbocycles. The molecule has 2 unspecified atom stereocenters. The molecule has 3 rings (SSSR count). The van der Waals surface area contributed by atoms with Crippen molar-refractivity contribution in [2.24, 2.45) is 0 Å². The largest absolute Gasteiger partial charge is 0.459 e. The van der Waals surface area contributed by atoms with Crippen molar-refractivity contribution >= 4 is 11.9 Å². The number of hydrogen-bond acceptors (Lipinski definition) is 4. The van der Waals surface area contributed by atoms with Crippen LogP contribution >= 0.6 is 0 Å².